The van der Waals surface area contributed by atoms with Crippen LogP contribution in [0, 0.1) is 5.92 Å². The van der Waals surface area contributed by atoms with E-state index in [1.807, 2.05) is 0 Å². The molecule has 0 bridgehead atoms. The maximum absolute atomic E-state index is 6.35. The number of aromatic nitrogens is 2. The number of anilines is 4. The Labute approximate surface area is 158 Å². The largest absolute Gasteiger partial charge is 0.495 e. The molecule has 0 atom stereocenters. The number of ether oxygens (including phenoxy) is 2. The molecule has 0 aliphatic carbocycles. The van der Waals surface area contributed by atoms with Crippen LogP contribution in [0.3, 0.4) is 0 Å². The van der Waals surface area contributed by atoms with Gasteiger partial charge in [-0.15, -0.1) is 0 Å². The van der Waals surface area contributed by atoms with E-state index < -0.39 is 0 Å². The molecule has 3 N–H and O–H groups in total. The lowest BCUT2D eigenvalue weighted by atomic mass is 9.99. The van der Waals surface area contributed by atoms with Crippen molar-refractivity contribution in [1.82, 2.24) is 9.97 Å². The molecule has 0 spiro atoms. The summed E-state index contributed by atoms with van der Waals surface area (Å²) in [4.78, 5) is 10.9. The van der Waals surface area contributed by atoms with Crippen molar-refractivity contribution >= 4 is 34.6 Å². The molecule has 1 aromatic carbocycles. The van der Waals surface area contributed by atoms with Crippen molar-refractivity contribution in [1.29, 1.82) is 0 Å². The van der Waals surface area contributed by atoms with Gasteiger partial charge in [0.25, 0.3) is 0 Å². The first kappa shape index (κ1) is 18.4. The topological polar surface area (TPSA) is 85.5 Å². The van der Waals surface area contributed by atoms with Crippen molar-refractivity contribution in [3.05, 3.63) is 23.5 Å². The van der Waals surface area contributed by atoms with Crippen molar-refractivity contribution in [2.75, 3.05) is 43.3 Å². The van der Waals surface area contributed by atoms with Crippen LogP contribution < -0.4 is 25.4 Å². The molecule has 3 rings (SSSR count). The van der Waals surface area contributed by atoms with E-state index in [0.717, 1.165) is 37.7 Å². The van der Waals surface area contributed by atoms with Crippen LogP contribution in [0.1, 0.15) is 19.8 Å². The van der Waals surface area contributed by atoms with E-state index in [1.54, 1.807) is 26.4 Å². The number of benzene rings is 1. The molecule has 0 amide bonds. The highest BCUT2D eigenvalue weighted by Crippen LogP contribution is 2.39. The molecular formula is C18H24ClN5O2. The van der Waals surface area contributed by atoms with Crippen LogP contribution in [0.5, 0.6) is 11.5 Å². The summed E-state index contributed by atoms with van der Waals surface area (Å²) in [6.45, 7) is 4.16. The van der Waals surface area contributed by atoms with Crippen molar-refractivity contribution < 1.29 is 9.47 Å². The molecule has 1 aromatic heterocycles. The Hall–Kier alpha value is -2.41. The zero-order valence-corrected chi connectivity index (χ0v) is 16.0. The van der Waals surface area contributed by atoms with E-state index in [4.69, 9.17) is 26.8 Å². The monoisotopic (exact) mass is 377 g/mol. The number of nitrogens with one attached hydrogen (secondary N) is 1. The van der Waals surface area contributed by atoms with Crippen molar-refractivity contribution in [3.8, 4) is 11.5 Å². The molecule has 7 nitrogen and oxygen atoms in total. The number of nitrogen functional groups attached to an aromatic ring is 1. The average molecular weight is 378 g/mol. The Morgan fingerprint density at radius 2 is 1.85 bits per heavy atom. The van der Waals surface area contributed by atoms with E-state index >= 15 is 0 Å². The maximum Gasteiger partial charge on any atom is 0.159 e. The minimum atomic E-state index is 0.466. The molecule has 140 valence electrons. The first-order valence-corrected chi connectivity index (χ1v) is 8.95. The Bertz CT molecular complexity index is 778. The van der Waals surface area contributed by atoms with Crippen molar-refractivity contribution in [2.24, 2.45) is 5.92 Å². The highest BCUT2D eigenvalue weighted by molar-refractivity contribution is 6.32. The molecule has 0 saturated carbocycles. The molecule has 0 unspecified atom stereocenters. The van der Waals surface area contributed by atoms with Gasteiger partial charge in [0.15, 0.2) is 11.6 Å². The summed E-state index contributed by atoms with van der Waals surface area (Å²) >= 11 is 6.24. The molecule has 2 heterocycles. The molecule has 26 heavy (non-hydrogen) atoms. The van der Waals surface area contributed by atoms with Crippen LogP contribution in [0.15, 0.2) is 18.5 Å². The Morgan fingerprint density at radius 1 is 1.15 bits per heavy atom. The zero-order chi connectivity index (χ0) is 18.7. The van der Waals surface area contributed by atoms with Gasteiger partial charge in [-0.2, -0.15) is 0 Å². The summed E-state index contributed by atoms with van der Waals surface area (Å²) in [6, 6.07) is 3.44. The summed E-state index contributed by atoms with van der Waals surface area (Å²) in [5, 5.41) is 3.67. The lowest BCUT2D eigenvalue weighted by molar-refractivity contribution is 0.396. The van der Waals surface area contributed by atoms with Gasteiger partial charge in [-0.3, -0.25) is 0 Å². The molecule has 1 saturated heterocycles. The van der Waals surface area contributed by atoms with Crippen molar-refractivity contribution in [2.45, 2.75) is 19.8 Å². The predicted molar refractivity (Wildman–Crippen MR) is 105 cm³/mol. The molecule has 1 aliphatic heterocycles. The number of methoxy groups -OCH3 is 2. The fourth-order valence-electron chi connectivity index (χ4n) is 3.04. The molecule has 1 aliphatic rings. The molecular weight excluding hydrogens is 354 g/mol. The van der Waals surface area contributed by atoms with Gasteiger partial charge in [0, 0.05) is 19.2 Å². The highest BCUT2D eigenvalue weighted by atomic mass is 35.5. The Morgan fingerprint density at radius 3 is 2.50 bits per heavy atom. The van der Waals surface area contributed by atoms with Crippen LogP contribution >= 0.6 is 11.6 Å². The van der Waals surface area contributed by atoms with Gasteiger partial charge >= 0.3 is 0 Å². The van der Waals surface area contributed by atoms with Gasteiger partial charge in [-0.25, -0.2) is 9.97 Å². The highest BCUT2D eigenvalue weighted by Gasteiger charge is 2.21. The third kappa shape index (κ3) is 3.72. The van der Waals surface area contributed by atoms with Crippen LogP contribution in [-0.4, -0.2) is 37.3 Å². The molecule has 8 heteroatoms. The number of nitrogens with zero attached hydrogens (tertiary/aromatic N) is 3. The number of halogens is 1. The third-order valence-corrected chi connectivity index (χ3v) is 4.97. The maximum atomic E-state index is 6.35. The summed E-state index contributed by atoms with van der Waals surface area (Å²) in [7, 11) is 3.14. The minimum Gasteiger partial charge on any atom is -0.495 e. The normalized spacial score (nSPS) is 15.0. The second-order valence-corrected chi connectivity index (χ2v) is 6.85. The van der Waals surface area contributed by atoms with Gasteiger partial charge in [0.2, 0.25) is 0 Å². The smallest absolute Gasteiger partial charge is 0.159 e. The first-order chi connectivity index (χ1) is 12.5. The number of hydrogen-bond donors (Lipinski definition) is 2. The quantitative estimate of drug-likeness (QED) is 0.821. The third-order valence-electron chi connectivity index (χ3n) is 4.67. The number of rotatable bonds is 5. The summed E-state index contributed by atoms with van der Waals surface area (Å²) < 4.78 is 10.6. The number of hydrogen-bond acceptors (Lipinski definition) is 7. The summed E-state index contributed by atoms with van der Waals surface area (Å²) in [5.41, 5.74) is 7.52. The number of piperidine rings is 1. The van der Waals surface area contributed by atoms with Crippen LogP contribution in [0.2, 0.25) is 5.02 Å². The minimum absolute atomic E-state index is 0.466. The fourth-order valence-corrected chi connectivity index (χ4v) is 3.28. The van der Waals surface area contributed by atoms with Crippen LogP contribution in [0.4, 0.5) is 23.0 Å². The van der Waals surface area contributed by atoms with Gasteiger partial charge in [0.05, 0.1) is 24.9 Å². The van der Waals surface area contributed by atoms with E-state index in [1.165, 1.54) is 6.33 Å². The average Bonchev–Trinajstić information content (AvgIpc) is 2.64. The Kier molecular flexibility index (Phi) is 5.56. The SMILES string of the molecule is COc1cc(OC)c(Nc2ncnc(N3CCC(C)CC3)c2N)cc1Cl. The zero-order valence-electron chi connectivity index (χ0n) is 15.3. The van der Waals surface area contributed by atoms with E-state index in [-0.39, 0.29) is 0 Å². The number of nitrogens with two attached hydrogens (primary N) is 1. The summed E-state index contributed by atoms with van der Waals surface area (Å²) in [5.74, 6) is 3.13. The Balaban J connectivity index is 1.89. The van der Waals surface area contributed by atoms with Gasteiger partial charge in [-0.05, 0) is 24.8 Å². The van der Waals surface area contributed by atoms with E-state index in [2.05, 4.69) is 27.1 Å². The second-order valence-electron chi connectivity index (χ2n) is 6.44. The molecule has 2 aromatic rings. The lowest BCUT2D eigenvalue weighted by Crippen LogP contribution is -2.34. The van der Waals surface area contributed by atoms with Gasteiger partial charge in [-0.1, -0.05) is 18.5 Å². The first-order valence-electron chi connectivity index (χ1n) is 8.57. The van der Waals surface area contributed by atoms with Gasteiger partial charge in [0.1, 0.15) is 23.5 Å². The fraction of sp³-hybridized carbons (Fsp3) is 0.444. The van der Waals surface area contributed by atoms with Crippen LogP contribution in [-0.2, 0) is 0 Å². The molecule has 1 fully saturated rings. The second kappa shape index (κ2) is 7.86. The van der Waals surface area contributed by atoms with Gasteiger partial charge < -0.3 is 25.4 Å². The molecule has 0 radical (unpaired) electrons. The van der Waals surface area contributed by atoms with E-state index in [9.17, 15) is 0 Å². The van der Waals surface area contributed by atoms with E-state index in [0.29, 0.717) is 33.7 Å². The van der Waals surface area contributed by atoms with Crippen LogP contribution in [0.25, 0.3) is 0 Å². The van der Waals surface area contributed by atoms with Crippen molar-refractivity contribution in [3.63, 3.8) is 0 Å². The predicted octanol–water partition coefficient (Wildman–Crippen LogP) is 3.71. The standard InChI is InChI=1S/C18H24ClN5O2/c1-11-4-6-24(7-5-11)18-16(20)17(21-10-22-18)23-13-8-12(19)14(25-2)9-15(13)26-3/h8-11H,4-7,20H2,1-3H3,(H,21,22,23). The summed E-state index contributed by atoms with van der Waals surface area (Å²) in [6.07, 6.45) is 3.78. The lowest BCUT2D eigenvalue weighted by Gasteiger charge is -2.32.